The molecule has 0 aliphatic heterocycles. The van der Waals surface area contributed by atoms with E-state index in [1.54, 1.807) is 18.4 Å². The number of carbonyl (C=O) groups is 1. The quantitative estimate of drug-likeness (QED) is 0.603. The molecule has 0 fully saturated rings. The minimum Gasteiger partial charge on any atom is -0.467 e. The molecule has 6 nitrogen and oxygen atoms in total. The van der Waals surface area contributed by atoms with Crippen LogP contribution in [0.4, 0.5) is 0 Å². The van der Waals surface area contributed by atoms with Gasteiger partial charge >= 0.3 is 0 Å². The fourth-order valence-corrected chi connectivity index (χ4v) is 2.84. The van der Waals surface area contributed by atoms with Gasteiger partial charge in [0.25, 0.3) is 11.6 Å². The predicted octanol–water partition coefficient (Wildman–Crippen LogP) is 4.03. The van der Waals surface area contributed by atoms with Crippen LogP contribution in [-0.4, -0.2) is 16.0 Å². The summed E-state index contributed by atoms with van der Waals surface area (Å²) in [5.74, 6) is 0.456. The number of aryl methyl sites for hydroxylation is 2. The van der Waals surface area contributed by atoms with Crippen LogP contribution in [0.15, 0.2) is 57.7 Å². The average Bonchev–Trinajstić information content (AvgIpc) is 3.29. The summed E-state index contributed by atoms with van der Waals surface area (Å²) in [4.78, 5) is 17.2. The predicted molar refractivity (Wildman–Crippen MR) is 96.6 cm³/mol. The molecular formula is C20H17N3O3. The Labute approximate surface area is 149 Å². The van der Waals surface area contributed by atoms with Gasteiger partial charge in [-0.05, 0) is 32.0 Å². The van der Waals surface area contributed by atoms with Crippen molar-refractivity contribution in [3.05, 3.63) is 71.3 Å². The second kappa shape index (κ2) is 6.48. The largest absolute Gasteiger partial charge is 0.467 e. The summed E-state index contributed by atoms with van der Waals surface area (Å²) in [6, 6.07) is 13.2. The molecule has 6 heteroatoms. The van der Waals surface area contributed by atoms with Crippen LogP contribution in [0.3, 0.4) is 0 Å². The van der Waals surface area contributed by atoms with E-state index in [-0.39, 0.29) is 5.91 Å². The van der Waals surface area contributed by atoms with E-state index in [1.165, 1.54) is 0 Å². The summed E-state index contributed by atoms with van der Waals surface area (Å²) in [6.07, 6.45) is 1.58. The first-order valence-electron chi connectivity index (χ1n) is 8.26. The van der Waals surface area contributed by atoms with E-state index < -0.39 is 0 Å². The van der Waals surface area contributed by atoms with Gasteiger partial charge in [-0.25, -0.2) is 4.98 Å². The van der Waals surface area contributed by atoms with Crippen molar-refractivity contribution in [3.63, 3.8) is 0 Å². The van der Waals surface area contributed by atoms with E-state index >= 15 is 0 Å². The zero-order chi connectivity index (χ0) is 18.1. The van der Waals surface area contributed by atoms with E-state index in [9.17, 15) is 4.79 Å². The van der Waals surface area contributed by atoms with Crippen LogP contribution in [0.25, 0.3) is 22.4 Å². The number of pyridine rings is 1. The van der Waals surface area contributed by atoms with Crippen molar-refractivity contribution >= 4 is 17.0 Å². The Morgan fingerprint density at radius 2 is 1.96 bits per heavy atom. The smallest absolute Gasteiger partial charge is 0.259 e. The molecule has 0 atom stereocenters. The lowest BCUT2D eigenvalue weighted by atomic mass is 10.0. The molecule has 1 amide bonds. The second-order valence-electron chi connectivity index (χ2n) is 6.15. The molecule has 0 radical (unpaired) electrons. The summed E-state index contributed by atoms with van der Waals surface area (Å²) in [5.41, 5.74) is 4.15. The molecule has 3 heterocycles. The highest BCUT2D eigenvalue weighted by atomic mass is 16.5. The molecule has 0 aliphatic carbocycles. The Morgan fingerprint density at radius 1 is 1.15 bits per heavy atom. The summed E-state index contributed by atoms with van der Waals surface area (Å²) >= 11 is 0. The fourth-order valence-electron chi connectivity index (χ4n) is 2.84. The van der Waals surface area contributed by atoms with Gasteiger partial charge < -0.3 is 14.3 Å². The molecule has 0 bridgehead atoms. The number of carbonyl (C=O) groups excluding carboxylic acids is 1. The molecule has 4 rings (SSSR count). The number of nitrogens with one attached hydrogen (secondary N) is 1. The monoisotopic (exact) mass is 347 g/mol. The molecule has 3 aromatic heterocycles. The van der Waals surface area contributed by atoms with Crippen LogP contribution in [0.5, 0.6) is 0 Å². The number of hydrogen-bond donors (Lipinski definition) is 1. The molecule has 4 aromatic rings. The van der Waals surface area contributed by atoms with Crippen molar-refractivity contribution in [1.29, 1.82) is 0 Å². The maximum atomic E-state index is 12.8. The maximum Gasteiger partial charge on any atom is 0.259 e. The minimum atomic E-state index is -0.228. The molecule has 0 saturated heterocycles. The van der Waals surface area contributed by atoms with Crippen molar-refractivity contribution in [1.82, 2.24) is 15.5 Å². The summed E-state index contributed by atoms with van der Waals surface area (Å²) in [5, 5.41) is 7.63. The van der Waals surface area contributed by atoms with Gasteiger partial charge in [0.05, 0.1) is 23.8 Å². The molecule has 0 unspecified atom stereocenters. The number of furan rings is 1. The van der Waals surface area contributed by atoms with E-state index in [0.717, 1.165) is 11.1 Å². The van der Waals surface area contributed by atoms with Gasteiger partial charge in [0.15, 0.2) is 0 Å². The number of nitrogens with zero attached hydrogens (tertiary/aromatic N) is 2. The Kier molecular flexibility index (Phi) is 4.01. The molecule has 1 aromatic carbocycles. The zero-order valence-electron chi connectivity index (χ0n) is 14.4. The molecule has 26 heavy (non-hydrogen) atoms. The van der Waals surface area contributed by atoms with Gasteiger partial charge in [0.2, 0.25) is 0 Å². The van der Waals surface area contributed by atoms with Crippen LogP contribution in [-0.2, 0) is 6.54 Å². The number of amides is 1. The third-order valence-corrected chi connectivity index (χ3v) is 4.15. The number of rotatable bonds is 4. The molecule has 0 spiro atoms. The molecule has 130 valence electrons. The Balaban J connectivity index is 1.76. The van der Waals surface area contributed by atoms with Crippen LogP contribution < -0.4 is 5.32 Å². The first kappa shape index (κ1) is 16.1. The lowest BCUT2D eigenvalue weighted by Gasteiger charge is -2.06. The van der Waals surface area contributed by atoms with Crippen LogP contribution in [0.2, 0.25) is 0 Å². The SMILES string of the molecule is Cc1ccc(-c2noc3nc(C)cc(C(=O)NCc4ccco4)c23)cc1. The van der Waals surface area contributed by atoms with E-state index in [0.29, 0.717) is 40.4 Å². The first-order valence-corrected chi connectivity index (χ1v) is 8.26. The number of aromatic nitrogens is 2. The lowest BCUT2D eigenvalue weighted by Crippen LogP contribution is -2.23. The number of fused-ring (bicyclic) bond motifs is 1. The fraction of sp³-hybridized carbons (Fsp3) is 0.150. The van der Waals surface area contributed by atoms with Crippen LogP contribution in [0.1, 0.15) is 27.4 Å². The minimum absolute atomic E-state index is 0.228. The van der Waals surface area contributed by atoms with Gasteiger partial charge in [0.1, 0.15) is 11.5 Å². The topological polar surface area (TPSA) is 81.2 Å². The van der Waals surface area contributed by atoms with Crippen LogP contribution >= 0.6 is 0 Å². The van der Waals surface area contributed by atoms with Crippen molar-refractivity contribution in [2.24, 2.45) is 0 Å². The second-order valence-corrected chi connectivity index (χ2v) is 6.15. The first-order chi connectivity index (χ1) is 12.6. The highest BCUT2D eigenvalue weighted by molar-refractivity contribution is 6.09. The summed E-state index contributed by atoms with van der Waals surface area (Å²) < 4.78 is 10.7. The van der Waals surface area contributed by atoms with E-state index in [2.05, 4.69) is 15.5 Å². The van der Waals surface area contributed by atoms with E-state index in [1.807, 2.05) is 44.2 Å². The molecule has 0 saturated carbocycles. The molecule has 0 aliphatic rings. The standard InChI is InChI=1S/C20H17N3O3/c1-12-5-7-14(8-6-12)18-17-16(10-13(2)22-20(17)26-23-18)19(24)21-11-15-4-3-9-25-15/h3-10H,11H2,1-2H3,(H,21,24). The lowest BCUT2D eigenvalue weighted by molar-refractivity contribution is 0.0949. The van der Waals surface area contributed by atoms with Crippen molar-refractivity contribution in [3.8, 4) is 11.3 Å². The normalized spacial score (nSPS) is 11.0. The van der Waals surface area contributed by atoms with Gasteiger partial charge in [-0.3, -0.25) is 4.79 Å². The zero-order valence-corrected chi connectivity index (χ0v) is 14.4. The Bertz CT molecular complexity index is 1060. The molecular weight excluding hydrogens is 330 g/mol. The molecule has 1 N–H and O–H groups in total. The van der Waals surface area contributed by atoms with Crippen LogP contribution in [0, 0.1) is 13.8 Å². The van der Waals surface area contributed by atoms with E-state index in [4.69, 9.17) is 8.94 Å². The summed E-state index contributed by atoms with van der Waals surface area (Å²) in [7, 11) is 0. The van der Waals surface area contributed by atoms with Gasteiger partial charge in [0, 0.05) is 11.3 Å². The van der Waals surface area contributed by atoms with Gasteiger partial charge in [-0.1, -0.05) is 35.0 Å². The third-order valence-electron chi connectivity index (χ3n) is 4.15. The average molecular weight is 347 g/mol. The number of benzene rings is 1. The Hall–Kier alpha value is -3.41. The van der Waals surface area contributed by atoms with Crippen molar-refractivity contribution in [2.45, 2.75) is 20.4 Å². The Morgan fingerprint density at radius 3 is 2.69 bits per heavy atom. The van der Waals surface area contributed by atoms with Crippen molar-refractivity contribution in [2.75, 3.05) is 0 Å². The van der Waals surface area contributed by atoms with Crippen molar-refractivity contribution < 1.29 is 13.7 Å². The maximum absolute atomic E-state index is 12.8. The highest BCUT2D eigenvalue weighted by Gasteiger charge is 2.20. The third kappa shape index (κ3) is 2.97. The summed E-state index contributed by atoms with van der Waals surface area (Å²) in [6.45, 7) is 4.14. The highest BCUT2D eigenvalue weighted by Crippen LogP contribution is 2.30. The number of hydrogen-bond acceptors (Lipinski definition) is 5. The van der Waals surface area contributed by atoms with Gasteiger partial charge in [-0.2, -0.15) is 0 Å². The van der Waals surface area contributed by atoms with Gasteiger partial charge in [-0.15, -0.1) is 0 Å².